The van der Waals surface area contributed by atoms with Crippen molar-refractivity contribution in [1.29, 1.82) is 0 Å². The predicted molar refractivity (Wildman–Crippen MR) is 70.7 cm³/mol. The molecule has 2 nitrogen and oxygen atoms in total. The van der Waals surface area contributed by atoms with Gasteiger partial charge in [-0.05, 0) is 18.9 Å². The maximum absolute atomic E-state index is 13.5. The summed E-state index contributed by atoms with van der Waals surface area (Å²) in [6, 6.07) is 6.86. The Morgan fingerprint density at radius 2 is 1.83 bits per heavy atom. The molecule has 0 amide bonds. The fourth-order valence-electron chi connectivity index (χ4n) is 2.50. The highest BCUT2D eigenvalue weighted by atomic mass is 19.1. The summed E-state index contributed by atoms with van der Waals surface area (Å²) in [6.07, 6.45) is 6.96. The molecule has 2 N–H and O–H groups in total. The van der Waals surface area contributed by atoms with E-state index in [0.29, 0.717) is 12.2 Å². The molecule has 0 saturated heterocycles. The van der Waals surface area contributed by atoms with Gasteiger partial charge in [0.2, 0.25) is 0 Å². The molecule has 0 heterocycles. The van der Waals surface area contributed by atoms with Crippen molar-refractivity contribution in [2.24, 2.45) is 5.73 Å². The van der Waals surface area contributed by atoms with Crippen LogP contribution in [-0.4, -0.2) is 12.1 Å². The number of benzene rings is 1. The van der Waals surface area contributed by atoms with Gasteiger partial charge in [-0.15, -0.1) is 0 Å². The van der Waals surface area contributed by atoms with Gasteiger partial charge in [0.05, 0.1) is 12.7 Å². The summed E-state index contributed by atoms with van der Waals surface area (Å²) in [5.41, 5.74) is 6.75. The van der Waals surface area contributed by atoms with Crippen molar-refractivity contribution >= 4 is 0 Å². The van der Waals surface area contributed by atoms with Crippen molar-refractivity contribution < 1.29 is 9.13 Å². The van der Waals surface area contributed by atoms with E-state index in [0.717, 1.165) is 19.3 Å². The molecule has 1 fully saturated rings. The van der Waals surface area contributed by atoms with Crippen LogP contribution in [0.4, 0.5) is 4.39 Å². The van der Waals surface area contributed by atoms with Crippen LogP contribution in [0.25, 0.3) is 0 Å². The van der Waals surface area contributed by atoms with Crippen LogP contribution in [0.1, 0.15) is 44.1 Å². The smallest absolute Gasteiger partial charge is 0.128 e. The minimum atomic E-state index is -0.197. The molecular formula is C15H22FNO. The lowest BCUT2D eigenvalue weighted by atomic mass is 9.95. The molecule has 0 aliphatic heterocycles. The van der Waals surface area contributed by atoms with Crippen molar-refractivity contribution in [3.8, 4) is 0 Å². The van der Waals surface area contributed by atoms with Gasteiger partial charge in [-0.3, -0.25) is 0 Å². The van der Waals surface area contributed by atoms with Gasteiger partial charge in [-0.25, -0.2) is 4.39 Å². The normalized spacial score (nSPS) is 25.4. The highest BCUT2D eigenvalue weighted by Gasteiger charge is 2.20. The number of ether oxygens (including phenoxy) is 1. The summed E-state index contributed by atoms with van der Waals surface area (Å²) < 4.78 is 19.3. The minimum absolute atomic E-state index is 0.0740. The van der Waals surface area contributed by atoms with Gasteiger partial charge < -0.3 is 10.5 Å². The van der Waals surface area contributed by atoms with Crippen LogP contribution in [0.15, 0.2) is 24.3 Å². The molecule has 2 rings (SSSR count). The van der Waals surface area contributed by atoms with E-state index >= 15 is 0 Å². The number of hydrogen-bond acceptors (Lipinski definition) is 2. The van der Waals surface area contributed by atoms with Crippen molar-refractivity contribution in [2.75, 3.05) is 0 Å². The summed E-state index contributed by atoms with van der Waals surface area (Å²) in [5, 5.41) is 0. The highest BCUT2D eigenvalue weighted by Crippen LogP contribution is 2.20. The van der Waals surface area contributed by atoms with Gasteiger partial charge in [0, 0.05) is 11.6 Å². The van der Waals surface area contributed by atoms with Crippen molar-refractivity contribution in [3.63, 3.8) is 0 Å². The Hall–Kier alpha value is -0.930. The Morgan fingerprint density at radius 1 is 1.11 bits per heavy atom. The summed E-state index contributed by atoms with van der Waals surface area (Å²) in [4.78, 5) is 0. The average molecular weight is 251 g/mol. The van der Waals surface area contributed by atoms with Gasteiger partial charge in [-0.2, -0.15) is 0 Å². The van der Waals surface area contributed by atoms with Gasteiger partial charge in [0.15, 0.2) is 0 Å². The van der Waals surface area contributed by atoms with Crippen LogP contribution in [0.3, 0.4) is 0 Å². The second-order valence-corrected chi connectivity index (χ2v) is 5.10. The van der Waals surface area contributed by atoms with Crippen molar-refractivity contribution in [2.45, 2.75) is 57.3 Å². The largest absolute Gasteiger partial charge is 0.372 e. The summed E-state index contributed by atoms with van der Waals surface area (Å²) in [6.45, 7) is 0.324. The number of nitrogens with two attached hydrogens (primary N) is 1. The molecule has 0 bridgehead atoms. The fourth-order valence-corrected chi connectivity index (χ4v) is 2.50. The first-order valence-electron chi connectivity index (χ1n) is 6.88. The molecule has 1 saturated carbocycles. The monoisotopic (exact) mass is 251 g/mol. The fraction of sp³-hybridized carbons (Fsp3) is 0.600. The molecule has 0 spiro atoms. The molecular weight excluding hydrogens is 229 g/mol. The topological polar surface area (TPSA) is 35.2 Å². The first-order valence-corrected chi connectivity index (χ1v) is 6.88. The maximum atomic E-state index is 13.5. The van der Waals surface area contributed by atoms with E-state index in [4.69, 9.17) is 10.5 Å². The average Bonchev–Trinajstić information content (AvgIpc) is 2.35. The number of rotatable bonds is 3. The van der Waals surface area contributed by atoms with E-state index in [2.05, 4.69) is 0 Å². The van der Waals surface area contributed by atoms with Gasteiger partial charge in [0.25, 0.3) is 0 Å². The zero-order valence-corrected chi connectivity index (χ0v) is 10.8. The van der Waals surface area contributed by atoms with Crippen LogP contribution in [0.2, 0.25) is 0 Å². The summed E-state index contributed by atoms with van der Waals surface area (Å²) >= 11 is 0. The van der Waals surface area contributed by atoms with Crippen LogP contribution < -0.4 is 5.73 Å². The van der Waals surface area contributed by atoms with Gasteiger partial charge >= 0.3 is 0 Å². The summed E-state index contributed by atoms with van der Waals surface area (Å²) in [7, 11) is 0. The molecule has 1 aromatic rings. The molecule has 0 radical (unpaired) electrons. The molecule has 1 aromatic carbocycles. The van der Waals surface area contributed by atoms with E-state index in [-0.39, 0.29) is 18.0 Å². The molecule has 3 heteroatoms. The second-order valence-electron chi connectivity index (χ2n) is 5.10. The third kappa shape index (κ3) is 3.79. The predicted octanol–water partition coefficient (Wildman–Crippen LogP) is 3.39. The second kappa shape index (κ2) is 6.86. The van der Waals surface area contributed by atoms with Gasteiger partial charge in [0.1, 0.15) is 5.82 Å². The minimum Gasteiger partial charge on any atom is -0.372 e. The maximum Gasteiger partial charge on any atom is 0.128 e. The first-order chi connectivity index (χ1) is 8.77. The third-order valence-corrected chi connectivity index (χ3v) is 3.66. The third-order valence-electron chi connectivity index (χ3n) is 3.66. The molecule has 2 unspecified atom stereocenters. The Kier molecular flexibility index (Phi) is 5.14. The number of hydrogen-bond donors (Lipinski definition) is 1. The molecule has 1 aliphatic carbocycles. The first kappa shape index (κ1) is 13.5. The molecule has 2 atom stereocenters. The van der Waals surface area contributed by atoms with Crippen molar-refractivity contribution in [1.82, 2.24) is 0 Å². The molecule has 18 heavy (non-hydrogen) atoms. The van der Waals surface area contributed by atoms with E-state index in [9.17, 15) is 4.39 Å². The van der Waals surface area contributed by atoms with Crippen LogP contribution in [0, 0.1) is 5.82 Å². The van der Waals surface area contributed by atoms with Gasteiger partial charge in [-0.1, -0.05) is 43.9 Å². The highest BCUT2D eigenvalue weighted by molar-refractivity contribution is 5.16. The quantitative estimate of drug-likeness (QED) is 0.893. The van der Waals surface area contributed by atoms with Crippen LogP contribution in [-0.2, 0) is 11.3 Å². The Bertz CT molecular complexity index is 369. The Labute approximate surface area is 108 Å². The number of halogens is 1. The molecule has 0 aromatic heterocycles. The molecule has 100 valence electrons. The molecule has 1 aliphatic rings. The van der Waals surface area contributed by atoms with Crippen LogP contribution >= 0.6 is 0 Å². The van der Waals surface area contributed by atoms with E-state index in [1.165, 1.54) is 25.3 Å². The van der Waals surface area contributed by atoms with Crippen molar-refractivity contribution in [3.05, 3.63) is 35.6 Å². The zero-order chi connectivity index (χ0) is 12.8. The lowest BCUT2D eigenvalue weighted by Gasteiger charge is -2.26. The Morgan fingerprint density at radius 3 is 2.61 bits per heavy atom. The lowest BCUT2D eigenvalue weighted by molar-refractivity contribution is 0.0103. The standard InChI is InChI=1S/C15H22FNO/c16-13-8-6-5-7-12(13)11-18-15-10-4-2-1-3-9-14(15)17/h5-8,14-15H,1-4,9-11,17H2. The Balaban J connectivity index is 1.89. The lowest BCUT2D eigenvalue weighted by Crippen LogP contribution is -2.37. The summed E-state index contributed by atoms with van der Waals surface area (Å²) in [5.74, 6) is -0.197. The zero-order valence-electron chi connectivity index (χ0n) is 10.8. The van der Waals surface area contributed by atoms with E-state index in [1.54, 1.807) is 12.1 Å². The van der Waals surface area contributed by atoms with Crippen LogP contribution in [0.5, 0.6) is 0 Å². The SMILES string of the molecule is NC1CCCCCCC1OCc1ccccc1F. The van der Waals surface area contributed by atoms with E-state index in [1.807, 2.05) is 6.07 Å². The van der Waals surface area contributed by atoms with E-state index < -0.39 is 0 Å².